The number of nitrogens with one attached hydrogen (secondary N) is 1. The van der Waals surface area contributed by atoms with Gasteiger partial charge in [0.15, 0.2) is 0 Å². The molecule has 1 fully saturated rings. The molecule has 1 aromatic rings. The topological polar surface area (TPSA) is 34.4 Å². The smallest absolute Gasteiger partial charge is 0.118 e. The summed E-state index contributed by atoms with van der Waals surface area (Å²) in [5.74, 6) is 3.01. The zero-order valence-corrected chi connectivity index (χ0v) is 11.4. The summed E-state index contributed by atoms with van der Waals surface area (Å²) in [6.07, 6.45) is 4.39. The summed E-state index contributed by atoms with van der Waals surface area (Å²) < 4.78 is 11.3. The molecular formula is C13H21NO2S. The van der Waals surface area contributed by atoms with Gasteiger partial charge < -0.3 is 14.5 Å². The van der Waals surface area contributed by atoms with Crippen LogP contribution in [0.25, 0.3) is 0 Å². The molecule has 0 saturated carbocycles. The quantitative estimate of drug-likeness (QED) is 0.877. The van der Waals surface area contributed by atoms with Crippen LogP contribution in [0, 0.1) is 0 Å². The van der Waals surface area contributed by atoms with Gasteiger partial charge in [0.05, 0.1) is 18.9 Å². The molecule has 0 aliphatic carbocycles. The average Bonchev–Trinajstić information content (AvgIpc) is 2.76. The molecule has 3 nitrogen and oxygen atoms in total. The summed E-state index contributed by atoms with van der Waals surface area (Å²) in [6, 6.07) is 4.12. The number of ether oxygens (including phenoxy) is 1. The lowest BCUT2D eigenvalue weighted by Gasteiger charge is -2.34. The molecule has 96 valence electrons. The fourth-order valence-electron chi connectivity index (χ4n) is 2.11. The summed E-state index contributed by atoms with van der Waals surface area (Å²) in [4.78, 5) is 0. The first kappa shape index (κ1) is 13.0. The molecular weight excluding hydrogens is 234 g/mol. The fourth-order valence-corrected chi connectivity index (χ4v) is 2.55. The molecule has 0 radical (unpaired) electrons. The van der Waals surface area contributed by atoms with Crippen molar-refractivity contribution in [3.63, 3.8) is 0 Å². The van der Waals surface area contributed by atoms with E-state index in [1.807, 2.05) is 0 Å². The molecule has 1 N–H and O–H groups in total. The molecule has 1 saturated heterocycles. The Morgan fingerprint density at radius 2 is 2.24 bits per heavy atom. The zero-order valence-electron chi connectivity index (χ0n) is 10.6. The Morgan fingerprint density at radius 1 is 1.41 bits per heavy atom. The largest absolute Gasteiger partial charge is 0.464 e. The van der Waals surface area contributed by atoms with Crippen molar-refractivity contribution >= 4 is 11.8 Å². The van der Waals surface area contributed by atoms with Crippen LogP contribution in [0.3, 0.4) is 0 Å². The highest BCUT2D eigenvalue weighted by atomic mass is 32.2. The maximum absolute atomic E-state index is 5.74. The van der Waals surface area contributed by atoms with E-state index in [1.54, 1.807) is 11.8 Å². The maximum Gasteiger partial charge on any atom is 0.118 e. The average molecular weight is 255 g/mol. The van der Waals surface area contributed by atoms with Gasteiger partial charge in [0.25, 0.3) is 0 Å². The van der Waals surface area contributed by atoms with E-state index in [0.717, 1.165) is 43.5 Å². The number of thioether (sulfide) groups is 1. The van der Waals surface area contributed by atoms with E-state index < -0.39 is 0 Å². The Labute approximate surface area is 107 Å². The summed E-state index contributed by atoms with van der Waals surface area (Å²) in [7, 11) is 0. The fraction of sp³-hybridized carbons (Fsp3) is 0.692. The third-order valence-corrected chi connectivity index (χ3v) is 3.70. The van der Waals surface area contributed by atoms with Gasteiger partial charge in [-0.3, -0.25) is 0 Å². The van der Waals surface area contributed by atoms with E-state index in [0.29, 0.717) is 0 Å². The molecule has 4 heteroatoms. The summed E-state index contributed by atoms with van der Waals surface area (Å²) in [5.41, 5.74) is 0.102. The van der Waals surface area contributed by atoms with Gasteiger partial charge in [-0.05, 0) is 38.2 Å². The predicted octanol–water partition coefficient (Wildman–Crippen LogP) is 2.80. The van der Waals surface area contributed by atoms with Crippen molar-refractivity contribution in [2.45, 2.75) is 37.6 Å². The Morgan fingerprint density at radius 3 is 2.94 bits per heavy atom. The van der Waals surface area contributed by atoms with Gasteiger partial charge in [-0.2, -0.15) is 11.8 Å². The van der Waals surface area contributed by atoms with Crippen LogP contribution >= 0.6 is 11.8 Å². The van der Waals surface area contributed by atoms with Crippen LogP contribution in [-0.2, 0) is 17.0 Å². The standard InChI is InChI=1S/C13H21NO2S/c1-13(6-3-7-15-10-13)14-8-11-4-5-12(16-11)9-17-2/h4-5,14H,3,6-10H2,1-2H3. The maximum atomic E-state index is 5.74. The van der Waals surface area contributed by atoms with Crippen molar-refractivity contribution < 1.29 is 9.15 Å². The number of hydrogen-bond acceptors (Lipinski definition) is 4. The van der Waals surface area contributed by atoms with Crippen molar-refractivity contribution in [3.8, 4) is 0 Å². The molecule has 17 heavy (non-hydrogen) atoms. The first-order chi connectivity index (χ1) is 8.22. The van der Waals surface area contributed by atoms with Crippen LogP contribution < -0.4 is 5.32 Å². The lowest BCUT2D eigenvalue weighted by molar-refractivity contribution is 0.0270. The highest BCUT2D eigenvalue weighted by Gasteiger charge is 2.26. The summed E-state index contributed by atoms with van der Waals surface area (Å²) >= 11 is 1.78. The van der Waals surface area contributed by atoms with Crippen molar-refractivity contribution in [1.29, 1.82) is 0 Å². The van der Waals surface area contributed by atoms with Crippen molar-refractivity contribution in [3.05, 3.63) is 23.7 Å². The molecule has 0 amide bonds. The summed E-state index contributed by atoms with van der Waals surface area (Å²) in [5, 5.41) is 3.54. The predicted molar refractivity (Wildman–Crippen MR) is 71.2 cm³/mol. The minimum Gasteiger partial charge on any atom is -0.464 e. The van der Waals surface area contributed by atoms with Gasteiger partial charge in [0.2, 0.25) is 0 Å². The molecule has 0 bridgehead atoms. The molecule has 2 heterocycles. The molecule has 2 rings (SSSR count). The minimum atomic E-state index is 0.102. The SMILES string of the molecule is CSCc1ccc(CNC2(C)CCCOC2)o1. The van der Waals surface area contributed by atoms with E-state index >= 15 is 0 Å². The van der Waals surface area contributed by atoms with Gasteiger partial charge in [-0.15, -0.1) is 0 Å². The van der Waals surface area contributed by atoms with Gasteiger partial charge >= 0.3 is 0 Å². The molecule has 1 aromatic heterocycles. The van der Waals surface area contributed by atoms with Crippen LogP contribution in [0.1, 0.15) is 31.3 Å². The van der Waals surface area contributed by atoms with Crippen molar-refractivity contribution in [2.24, 2.45) is 0 Å². The van der Waals surface area contributed by atoms with Crippen molar-refractivity contribution in [2.75, 3.05) is 19.5 Å². The van der Waals surface area contributed by atoms with Crippen molar-refractivity contribution in [1.82, 2.24) is 5.32 Å². The van der Waals surface area contributed by atoms with Gasteiger partial charge in [0.1, 0.15) is 11.5 Å². The van der Waals surface area contributed by atoms with Gasteiger partial charge in [-0.1, -0.05) is 0 Å². The second-order valence-corrected chi connectivity index (χ2v) is 5.74. The third kappa shape index (κ3) is 3.76. The monoisotopic (exact) mass is 255 g/mol. The third-order valence-electron chi connectivity index (χ3n) is 3.13. The highest BCUT2D eigenvalue weighted by Crippen LogP contribution is 2.20. The molecule has 1 atom stereocenters. The minimum absolute atomic E-state index is 0.102. The van der Waals surface area contributed by atoms with Crippen LogP contribution in [0.5, 0.6) is 0 Å². The van der Waals surface area contributed by atoms with Crippen LogP contribution in [0.15, 0.2) is 16.5 Å². The number of furan rings is 1. The number of hydrogen-bond donors (Lipinski definition) is 1. The second-order valence-electron chi connectivity index (χ2n) is 4.87. The second kappa shape index (κ2) is 5.94. The Hall–Kier alpha value is -0.450. The lowest BCUT2D eigenvalue weighted by atomic mass is 9.95. The Bertz CT molecular complexity index is 345. The van der Waals surface area contributed by atoms with E-state index in [9.17, 15) is 0 Å². The highest BCUT2D eigenvalue weighted by molar-refractivity contribution is 7.97. The van der Waals surface area contributed by atoms with Gasteiger partial charge in [-0.25, -0.2) is 0 Å². The number of rotatable bonds is 5. The zero-order chi connectivity index (χ0) is 12.1. The molecule has 1 aliphatic heterocycles. The van der Waals surface area contributed by atoms with Crippen LogP contribution in [0.4, 0.5) is 0 Å². The Kier molecular flexibility index (Phi) is 4.54. The van der Waals surface area contributed by atoms with Gasteiger partial charge in [0, 0.05) is 12.1 Å². The van der Waals surface area contributed by atoms with Crippen LogP contribution in [0.2, 0.25) is 0 Å². The van der Waals surface area contributed by atoms with E-state index in [-0.39, 0.29) is 5.54 Å². The molecule has 1 unspecified atom stereocenters. The molecule has 1 aliphatic rings. The van der Waals surface area contributed by atoms with E-state index in [1.165, 1.54) is 6.42 Å². The normalized spacial score (nSPS) is 25.1. The van der Waals surface area contributed by atoms with E-state index in [2.05, 4.69) is 30.6 Å². The summed E-state index contributed by atoms with van der Waals surface area (Å²) in [6.45, 7) is 4.70. The molecule has 0 spiro atoms. The van der Waals surface area contributed by atoms with E-state index in [4.69, 9.17) is 9.15 Å². The Balaban J connectivity index is 1.83. The lowest BCUT2D eigenvalue weighted by Crippen LogP contribution is -2.48. The first-order valence-electron chi connectivity index (χ1n) is 6.11. The molecule has 0 aromatic carbocycles. The first-order valence-corrected chi connectivity index (χ1v) is 7.50. The van der Waals surface area contributed by atoms with Crippen LogP contribution in [-0.4, -0.2) is 25.0 Å².